The number of carbonyl (C=O) groups is 1. The molecule has 28 heavy (non-hydrogen) atoms. The summed E-state index contributed by atoms with van der Waals surface area (Å²) in [5.74, 6) is 0.421. The summed E-state index contributed by atoms with van der Waals surface area (Å²) in [7, 11) is 5.17. The fourth-order valence-electron chi connectivity index (χ4n) is 3.93. The highest BCUT2D eigenvalue weighted by molar-refractivity contribution is 5.94. The second-order valence-electron chi connectivity index (χ2n) is 7.16. The van der Waals surface area contributed by atoms with Gasteiger partial charge >= 0.3 is 0 Å². The van der Waals surface area contributed by atoms with Crippen LogP contribution in [0.1, 0.15) is 34.8 Å². The number of methoxy groups -OCH3 is 2. The average molecular weight is 386 g/mol. The molecule has 1 heterocycles. The van der Waals surface area contributed by atoms with E-state index in [1.807, 2.05) is 12.1 Å². The molecule has 2 unspecified atom stereocenters. The molecule has 1 fully saturated rings. The third-order valence-corrected chi connectivity index (χ3v) is 5.40. The molecule has 0 bridgehead atoms. The molecule has 1 aliphatic heterocycles. The predicted molar refractivity (Wildman–Crippen MR) is 106 cm³/mol. The van der Waals surface area contributed by atoms with Crippen molar-refractivity contribution in [3.05, 3.63) is 59.4 Å². The Hall–Kier alpha value is -2.60. The van der Waals surface area contributed by atoms with E-state index in [1.54, 1.807) is 13.2 Å². The number of piperidine rings is 1. The number of nitrogens with zero attached hydrogens (tertiary/aromatic N) is 1. The summed E-state index contributed by atoms with van der Waals surface area (Å²) in [5, 5.41) is 2.98. The Morgan fingerprint density at radius 3 is 2.57 bits per heavy atom. The number of amides is 1. The maximum Gasteiger partial charge on any atom is 0.251 e. The van der Waals surface area contributed by atoms with E-state index in [1.165, 1.54) is 24.8 Å². The zero-order valence-electron chi connectivity index (χ0n) is 16.6. The van der Waals surface area contributed by atoms with Crippen LogP contribution in [0.5, 0.6) is 11.5 Å². The summed E-state index contributed by atoms with van der Waals surface area (Å²) in [5.41, 5.74) is 1.50. The largest absolute Gasteiger partial charge is 0.497 e. The van der Waals surface area contributed by atoms with Gasteiger partial charge in [0, 0.05) is 18.2 Å². The number of nitrogens with one attached hydrogen (secondary N) is 1. The smallest absolute Gasteiger partial charge is 0.251 e. The summed E-state index contributed by atoms with van der Waals surface area (Å²) in [6.07, 6.45) is 2.11. The number of benzene rings is 2. The molecule has 0 spiro atoms. The van der Waals surface area contributed by atoms with Gasteiger partial charge in [0.1, 0.15) is 5.75 Å². The van der Waals surface area contributed by atoms with Gasteiger partial charge in [-0.1, -0.05) is 12.1 Å². The van der Waals surface area contributed by atoms with Gasteiger partial charge in [-0.15, -0.1) is 0 Å². The van der Waals surface area contributed by atoms with E-state index in [0.29, 0.717) is 12.1 Å². The van der Waals surface area contributed by atoms with Gasteiger partial charge < -0.3 is 14.8 Å². The molecule has 2 aromatic rings. The van der Waals surface area contributed by atoms with Gasteiger partial charge in [-0.3, -0.25) is 9.69 Å². The van der Waals surface area contributed by atoms with Crippen molar-refractivity contribution in [2.75, 3.05) is 34.4 Å². The molecule has 2 atom stereocenters. The van der Waals surface area contributed by atoms with Crippen LogP contribution < -0.4 is 14.8 Å². The van der Waals surface area contributed by atoms with E-state index in [4.69, 9.17) is 9.47 Å². The Kier molecular flexibility index (Phi) is 6.52. The Bertz CT molecular complexity index is 810. The number of likely N-dealkylation sites (tertiary alicyclic amines) is 1. The number of ether oxygens (including phenoxy) is 2. The third-order valence-electron chi connectivity index (χ3n) is 5.40. The summed E-state index contributed by atoms with van der Waals surface area (Å²) < 4.78 is 24.0. The van der Waals surface area contributed by atoms with Gasteiger partial charge in [0.15, 0.2) is 11.6 Å². The first kappa shape index (κ1) is 20.1. The Balaban J connectivity index is 1.70. The lowest BCUT2D eigenvalue weighted by molar-refractivity contribution is 0.0891. The Morgan fingerprint density at radius 2 is 1.93 bits per heavy atom. The van der Waals surface area contributed by atoms with Crippen LogP contribution in [-0.4, -0.2) is 45.2 Å². The van der Waals surface area contributed by atoms with Crippen LogP contribution in [0.25, 0.3) is 0 Å². The lowest BCUT2D eigenvalue weighted by Crippen LogP contribution is -2.41. The molecule has 6 heteroatoms. The minimum absolute atomic E-state index is 0.130. The first-order chi connectivity index (χ1) is 13.5. The molecule has 1 aliphatic rings. The Morgan fingerprint density at radius 1 is 1.18 bits per heavy atom. The van der Waals surface area contributed by atoms with Gasteiger partial charge in [-0.2, -0.15) is 0 Å². The summed E-state index contributed by atoms with van der Waals surface area (Å²) >= 11 is 0. The zero-order valence-corrected chi connectivity index (χ0v) is 16.6. The highest BCUT2D eigenvalue weighted by Crippen LogP contribution is 2.35. The molecule has 1 saturated heterocycles. The molecule has 0 radical (unpaired) electrons. The van der Waals surface area contributed by atoms with E-state index in [0.717, 1.165) is 25.1 Å². The van der Waals surface area contributed by atoms with Crippen LogP contribution in [0.2, 0.25) is 0 Å². The normalized spacial score (nSPS) is 19.9. The van der Waals surface area contributed by atoms with E-state index in [2.05, 4.69) is 29.4 Å². The van der Waals surface area contributed by atoms with Crippen molar-refractivity contribution in [3.8, 4) is 11.5 Å². The maximum absolute atomic E-state index is 13.9. The zero-order chi connectivity index (χ0) is 20.1. The molecule has 2 aromatic carbocycles. The monoisotopic (exact) mass is 386 g/mol. The molecular formula is C22H27FN2O3. The molecule has 150 valence electrons. The van der Waals surface area contributed by atoms with Gasteiger partial charge in [-0.05, 0) is 68.2 Å². The number of hydrogen-bond acceptors (Lipinski definition) is 4. The molecule has 1 N–H and O–H groups in total. The van der Waals surface area contributed by atoms with E-state index < -0.39 is 5.82 Å². The lowest BCUT2D eigenvalue weighted by atomic mass is 9.85. The first-order valence-corrected chi connectivity index (χ1v) is 9.49. The van der Waals surface area contributed by atoms with Crippen molar-refractivity contribution in [2.24, 2.45) is 5.92 Å². The van der Waals surface area contributed by atoms with Crippen molar-refractivity contribution < 1.29 is 18.7 Å². The van der Waals surface area contributed by atoms with E-state index in [-0.39, 0.29) is 23.6 Å². The minimum Gasteiger partial charge on any atom is -0.497 e. The Labute approximate surface area is 165 Å². The average Bonchev–Trinajstić information content (AvgIpc) is 2.72. The molecule has 0 aromatic heterocycles. The molecule has 0 saturated carbocycles. The van der Waals surface area contributed by atoms with E-state index >= 15 is 0 Å². The number of hydrogen-bond donors (Lipinski definition) is 1. The van der Waals surface area contributed by atoms with Gasteiger partial charge in [0.05, 0.1) is 14.2 Å². The van der Waals surface area contributed by atoms with Crippen molar-refractivity contribution >= 4 is 5.91 Å². The van der Waals surface area contributed by atoms with Gasteiger partial charge in [-0.25, -0.2) is 4.39 Å². The number of halogens is 1. The van der Waals surface area contributed by atoms with Crippen molar-refractivity contribution in [1.29, 1.82) is 0 Å². The molecule has 3 rings (SSSR count). The SMILES string of the molecule is COc1ccc(C2C(CNC(=O)c3ccc(OC)c(F)c3)CCCN2C)cc1. The fraction of sp³-hybridized carbons (Fsp3) is 0.409. The van der Waals surface area contributed by atoms with Gasteiger partial charge in [0.2, 0.25) is 0 Å². The molecule has 1 amide bonds. The van der Waals surface area contributed by atoms with Crippen LogP contribution in [0.3, 0.4) is 0 Å². The standard InChI is InChI=1S/C22H27FN2O3/c1-25-12-4-5-17(21(25)15-6-9-18(27-2)10-7-15)14-24-22(26)16-8-11-20(28-3)19(23)13-16/h6-11,13,17,21H,4-5,12,14H2,1-3H3,(H,24,26). The quantitative estimate of drug-likeness (QED) is 0.823. The van der Waals surface area contributed by atoms with Crippen LogP contribution >= 0.6 is 0 Å². The summed E-state index contributed by atoms with van der Waals surface area (Å²) in [6, 6.07) is 12.6. The number of rotatable bonds is 6. The topological polar surface area (TPSA) is 50.8 Å². The summed E-state index contributed by atoms with van der Waals surface area (Å²) in [4.78, 5) is 14.8. The molecule has 5 nitrogen and oxygen atoms in total. The molecular weight excluding hydrogens is 359 g/mol. The van der Waals surface area contributed by atoms with Crippen LogP contribution in [-0.2, 0) is 0 Å². The molecule has 0 aliphatic carbocycles. The van der Waals surface area contributed by atoms with Gasteiger partial charge in [0.25, 0.3) is 5.91 Å². The van der Waals surface area contributed by atoms with Crippen LogP contribution in [0.4, 0.5) is 4.39 Å². The predicted octanol–water partition coefficient (Wildman–Crippen LogP) is 3.66. The van der Waals surface area contributed by atoms with E-state index in [9.17, 15) is 9.18 Å². The highest BCUT2D eigenvalue weighted by Gasteiger charge is 2.30. The third kappa shape index (κ3) is 4.44. The minimum atomic E-state index is -0.538. The van der Waals surface area contributed by atoms with Crippen LogP contribution in [0, 0.1) is 11.7 Å². The van der Waals surface area contributed by atoms with Crippen molar-refractivity contribution in [2.45, 2.75) is 18.9 Å². The van der Waals surface area contributed by atoms with Crippen molar-refractivity contribution in [3.63, 3.8) is 0 Å². The summed E-state index contributed by atoms with van der Waals surface area (Å²) in [6.45, 7) is 1.55. The fourth-order valence-corrected chi connectivity index (χ4v) is 3.93. The maximum atomic E-state index is 13.9. The van der Waals surface area contributed by atoms with Crippen LogP contribution in [0.15, 0.2) is 42.5 Å². The highest BCUT2D eigenvalue weighted by atomic mass is 19.1. The lowest BCUT2D eigenvalue weighted by Gasteiger charge is -2.39. The second kappa shape index (κ2) is 9.06. The first-order valence-electron chi connectivity index (χ1n) is 9.49. The second-order valence-corrected chi connectivity index (χ2v) is 7.16. The number of carbonyl (C=O) groups excluding carboxylic acids is 1. The van der Waals surface area contributed by atoms with Crippen molar-refractivity contribution in [1.82, 2.24) is 10.2 Å².